The fourth-order valence-electron chi connectivity index (χ4n) is 3.13. The molecular formula is C15H26N4O2S. The number of rotatable bonds is 4. The van der Waals surface area contributed by atoms with Crippen LogP contribution in [0.25, 0.3) is 0 Å². The number of piperazine rings is 1. The molecule has 0 bridgehead atoms. The Balaban J connectivity index is 1.41. The van der Waals surface area contributed by atoms with Crippen LogP contribution in [0.5, 0.6) is 0 Å². The van der Waals surface area contributed by atoms with Crippen molar-refractivity contribution in [1.29, 1.82) is 0 Å². The predicted octanol–water partition coefficient (Wildman–Crippen LogP) is 0.486. The summed E-state index contributed by atoms with van der Waals surface area (Å²) in [4.78, 5) is 28.5. The van der Waals surface area contributed by atoms with E-state index in [4.69, 9.17) is 0 Å². The molecule has 0 spiro atoms. The molecule has 1 aliphatic carbocycles. The largest absolute Gasteiger partial charge is 0.335 e. The third-order valence-corrected chi connectivity index (χ3v) is 5.99. The first-order valence-electron chi connectivity index (χ1n) is 8.30. The van der Waals surface area contributed by atoms with Gasteiger partial charge in [-0.1, -0.05) is 0 Å². The van der Waals surface area contributed by atoms with Crippen molar-refractivity contribution in [2.24, 2.45) is 0 Å². The number of thioether (sulfide) groups is 1. The number of hydrogen-bond donors (Lipinski definition) is 2. The minimum atomic E-state index is -0.346. The van der Waals surface area contributed by atoms with E-state index in [-0.39, 0.29) is 24.0 Å². The summed E-state index contributed by atoms with van der Waals surface area (Å²) >= 11 is 2.04. The monoisotopic (exact) mass is 326 g/mol. The van der Waals surface area contributed by atoms with Crippen molar-refractivity contribution >= 4 is 23.7 Å². The first kappa shape index (κ1) is 16.1. The molecule has 6 nitrogen and oxygen atoms in total. The quantitative estimate of drug-likeness (QED) is 0.787. The maximum atomic E-state index is 12.2. The summed E-state index contributed by atoms with van der Waals surface area (Å²) in [6.07, 6.45) is 3.35. The van der Waals surface area contributed by atoms with Crippen LogP contribution in [0.15, 0.2) is 0 Å². The first-order chi connectivity index (χ1) is 10.6. The van der Waals surface area contributed by atoms with E-state index in [1.165, 1.54) is 17.9 Å². The molecule has 0 aromatic heterocycles. The zero-order chi connectivity index (χ0) is 15.5. The van der Waals surface area contributed by atoms with Gasteiger partial charge in [-0.15, -0.1) is 0 Å². The van der Waals surface area contributed by atoms with Crippen molar-refractivity contribution in [2.75, 3.05) is 37.7 Å². The van der Waals surface area contributed by atoms with Crippen LogP contribution in [-0.2, 0) is 4.79 Å². The molecule has 2 saturated heterocycles. The Morgan fingerprint density at radius 3 is 2.45 bits per heavy atom. The summed E-state index contributed by atoms with van der Waals surface area (Å²) in [6, 6.07) is 0.405. The van der Waals surface area contributed by atoms with E-state index in [1.54, 1.807) is 0 Å². The zero-order valence-corrected chi connectivity index (χ0v) is 14.0. The molecule has 7 heteroatoms. The molecule has 3 amide bonds. The fourth-order valence-corrected chi connectivity index (χ4v) is 4.39. The smallest absolute Gasteiger partial charge is 0.321 e. The average Bonchev–Trinajstić information content (AvgIpc) is 3.16. The lowest BCUT2D eigenvalue weighted by Crippen LogP contribution is -2.57. The van der Waals surface area contributed by atoms with Gasteiger partial charge in [0.05, 0.1) is 6.04 Å². The molecule has 1 saturated carbocycles. The van der Waals surface area contributed by atoms with Crippen LogP contribution < -0.4 is 10.6 Å². The van der Waals surface area contributed by atoms with Gasteiger partial charge >= 0.3 is 6.03 Å². The van der Waals surface area contributed by atoms with Crippen LogP contribution in [-0.4, -0.2) is 77.5 Å². The summed E-state index contributed by atoms with van der Waals surface area (Å²) in [5.41, 5.74) is 0. The Hall–Kier alpha value is -0.790. The molecule has 124 valence electrons. The highest BCUT2D eigenvalue weighted by atomic mass is 32.2. The Kier molecular flexibility index (Phi) is 5.25. The summed E-state index contributed by atoms with van der Waals surface area (Å²) in [5.74, 6) is 2.33. The standard InChI is InChI=1S/C15H26N4O2S/c1-11(14(20)17-15(21)16-12-2-3-12)18-5-7-19(8-6-18)13-4-9-22-10-13/h11-13H,2-10H2,1H3,(H2,16,17,20,21). The number of carbonyl (C=O) groups is 2. The van der Waals surface area contributed by atoms with Crippen LogP contribution in [0.3, 0.4) is 0 Å². The van der Waals surface area contributed by atoms with Crippen LogP contribution in [0.1, 0.15) is 26.2 Å². The van der Waals surface area contributed by atoms with Crippen molar-refractivity contribution in [3.8, 4) is 0 Å². The third-order valence-electron chi connectivity index (χ3n) is 4.85. The maximum absolute atomic E-state index is 12.2. The second-order valence-electron chi connectivity index (χ2n) is 6.50. The molecule has 2 unspecified atom stereocenters. The van der Waals surface area contributed by atoms with Crippen molar-refractivity contribution in [3.05, 3.63) is 0 Å². The lowest BCUT2D eigenvalue weighted by molar-refractivity contribution is -0.125. The second kappa shape index (κ2) is 7.19. The summed E-state index contributed by atoms with van der Waals surface area (Å²) in [7, 11) is 0. The number of nitrogens with one attached hydrogen (secondary N) is 2. The van der Waals surface area contributed by atoms with E-state index >= 15 is 0 Å². The fraction of sp³-hybridized carbons (Fsp3) is 0.867. The SMILES string of the molecule is CC(C(=O)NC(=O)NC1CC1)N1CCN(C2CCSC2)CC1. The van der Waals surface area contributed by atoms with Gasteiger partial charge in [0, 0.05) is 44.0 Å². The van der Waals surface area contributed by atoms with Crippen LogP contribution in [0.4, 0.5) is 4.79 Å². The molecule has 3 aliphatic rings. The lowest BCUT2D eigenvalue weighted by atomic mass is 10.1. The minimum absolute atomic E-state index is 0.192. The average molecular weight is 326 g/mol. The van der Waals surface area contributed by atoms with Crippen LogP contribution in [0.2, 0.25) is 0 Å². The van der Waals surface area contributed by atoms with Gasteiger partial charge in [-0.3, -0.25) is 19.9 Å². The summed E-state index contributed by atoms with van der Waals surface area (Å²) in [5, 5.41) is 5.25. The normalized spacial score (nSPS) is 28.3. The third kappa shape index (κ3) is 4.14. The zero-order valence-electron chi connectivity index (χ0n) is 13.2. The topological polar surface area (TPSA) is 64.7 Å². The molecule has 3 fully saturated rings. The summed E-state index contributed by atoms with van der Waals surface area (Å²) < 4.78 is 0. The lowest BCUT2D eigenvalue weighted by Gasteiger charge is -2.39. The highest BCUT2D eigenvalue weighted by Gasteiger charge is 2.31. The Labute approximate surface area is 136 Å². The molecular weight excluding hydrogens is 300 g/mol. The number of carbonyl (C=O) groups excluding carboxylic acids is 2. The van der Waals surface area contributed by atoms with Crippen LogP contribution >= 0.6 is 11.8 Å². The Morgan fingerprint density at radius 1 is 1.14 bits per heavy atom. The second-order valence-corrected chi connectivity index (χ2v) is 7.65. The van der Waals surface area contributed by atoms with Gasteiger partial charge < -0.3 is 5.32 Å². The molecule has 2 atom stereocenters. The number of hydrogen-bond acceptors (Lipinski definition) is 5. The van der Waals surface area contributed by atoms with Crippen molar-refractivity contribution in [2.45, 2.75) is 44.3 Å². The highest BCUT2D eigenvalue weighted by molar-refractivity contribution is 7.99. The van der Waals surface area contributed by atoms with Gasteiger partial charge in [0.2, 0.25) is 5.91 Å². The highest BCUT2D eigenvalue weighted by Crippen LogP contribution is 2.23. The number of nitrogens with zero attached hydrogens (tertiary/aromatic N) is 2. The maximum Gasteiger partial charge on any atom is 0.321 e. The van der Waals surface area contributed by atoms with Crippen molar-refractivity contribution in [1.82, 2.24) is 20.4 Å². The van der Waals surface area contributed by atoms with Crippen molar-refractivity contribution < 1.29 is 9.59 Å². The van der Waals surface area contributed by atoms with E-state index < -0.39 is 0 Å². The predicted molar refractivity (Wildman–Crippen MR) is 88.0 cm³/mol. The number of urea groups is 1. The van der Waals surface area contributed by atoms with Crippen LogP contribution in [0, 0.1) is 0 Å². The van der Waals surface area contributed by atoms with Crippen molar-refractivity contribution in [3.63, 3.8) is 0 Å². The van der Waals surface area contributed by atoms with E-state index in [9.17, 15) is 9.59 Å². The van der Waals surface area contributed by atoms with E-state index in [0.717, 1.165) is 45.1 Å². The van der Waals surface area contributed by atoms with Gasteiger partial charge in [0.1, 0.15) is 0 Å². The molecule has 2 aliphatic heterocycles. The van der Waals surface area contributed by atoms with Gasteiger partial charge in [-0.05, 0) is 31.9 Å². The van der Waals surface area contributed by atoms with E-state index in [2.05, 4.69) is 20.4 Å². The molecule has 0 aromatic carbocycles. The minimum Gasteiger partial charge on any atom is -0.335 e. The molecule has 2 N–H and O–H groups in total. The molecule has 22 heavy (non-hydrogen) atoms. The molecule has 0 radical (unpaired) electrons. The number of imide groups is 1. The summed E-state index contributed by atoms with van der Waals surface area (Å²) in [6.45, 7) is 5.75. The molecule has 0 aromatic rings. The number of amides is 3. The van der Waals surface area contributed by atoms with E-state index in [0.29, 0.717) is 0 Å². The Morgan fingerprint density at radius 2 is 1.86 bits per heavy atom. The van der Waals surface area contributed by atoms with Gasteiger partial charge in [-0.25, -0.2) is 4.79 Å². The van der Waals surface area contributed by atoms with E-state index in [1.807, 2.05) is 18.7 Å². The molecule has 2 heterocycles. The first-order valence-corrected chi connectivity index (χ1v) is 9.46. The van der Waals surface area contributed by atoms with Gasteiger partial charge in [-0.2, -0.15) is 11.8 Å². The van der Waals surface area contributed by atoms with Gasteiger partial charge in [0.15, 0.2) is 0 Å². The molecule has 3 rings (SSSR count). The Bertz CT molecular complexity index is 416. The van der Waals surface area contributed by atoms with Gasteiger partial charge in [0.25, 0.3) is 0 Å².